The van der Waals surface area contributed by atoms with Crippen LogP contribution < -0.4 is 10.1 Å². The second-order valence-corrected chi connectivity index (χ2v) is 5.45. The average Bonchev–Trinajstić information content (AvgIpc) is 2.83. The zero-order chi connectivity index (χ0) is 16.2. The summed E-state index contributed by atoms with van der Waals surface area (Å²) in [4.78, 5) is 15.5. The first kappa shape index (κ1) is 16.5. The predicted octanol–water partition coefficient (Wildman–Crippen LogP) is 2.66. The highest BCUT2D eigenvalue weighted by Gasteiger charge is 2.33. The fourth-order valence-electron chi connectivity index (χ4n) is 2.41. The molecule has 1 saturated carbocycles. The van der Waals surface area contributed by atoms with Crippen LogP contribution in [-0.4, -0.2) is 34.4 Å². The Bertz CT molecular complexity index is 511. The lowest BCUT2D eigenvalue weighted by atomic mass is 9.98. The number of alkyl halides is 3. The van der Waals surface area contributed by atoms with Crippen molar-refractivity contribution in [1.82, 2.24) is 4.98 Å². The van der Waals surface area contributed by atoms with Crippen molar-refractivity contribution in [2.24, 2.45) is 0 Å². The molecule has 0 aliphatic heterocycles. The van der Waals surface area contributed by atoms with Gasteiger partial charge in [-0.3, -0.25) is 4.79 Å². The van der Waals surface area contributed by atoms with Gasteiger partial charge in [-0.25, -0.2) is 4.98 Å². The van der Waals surface area contributed by atoms with Crippen molar-refractivity contribution >= 4 is 11.6 Å². The molecule has 122 valence electrons. The molecule has 1 fully saturated rings. The Morgan fingerprint density at radius 1 is 1.36 bits per heavy atom. The number of anilines is 1. The van der Waals surface area contributed by atoms with E-state index in [0.29, 0.717) is 18.5 Å². The van der Waals surface area contributed by atoms with Gasteiger partial charge in [-0.1, -0.05) is 12.8 Å². The van der Waals surface area contributed by atoms with Gasteiger partial charge in [0.15, 0.2) is 6.61 Å². The Labute approximate surface area is 125 Å². The number of rotatable bonds is 5. The van der Waals surface area contributed by atoms with Crippen molar-refractivity contribution < 1.29 is 27.8 Å². The number of halogens is 3. The second-order valence-electron chi connectivity index (χ2n) is 5.45. The number of pyridine rings is 1. The molecule has 0 spiro atoms. The minimum absolute atomic E-state index is 0.000669. The molecule has 2 rings (SSSR count). The van der Waals surface area contributed by atoms with E-state index in [9.17, 15) is 23.1 Å². The summed E-state index contributed by atoms with van der Waals surface area (Å²) in [6.45, 7) is -1.42. The molecule has 2 N–H and O–H groups in total. The standard InChI is InChI=1S/C14H17F3N2O3/c15-14(16,17)9-22-12-4-3-10(8-18-12)19-11(20)7-13(21)5-1-2-6-13/h3-4,8,21H,1-2,5-7,9H2,(H,19,20). The Morgan fingerprint density at radius 3 is 2.59 bits per heavy atom. The lowest BCUT2D eigenvalue weighted by molar-refractivity contribution is -0.154. The number of hydrogen-bond acceptors (Lipinski definition) is 4. The van der Waals surface area contributed by atoms with Crippen LogP contribution in [-0.2, 0) is 4.79 Å². The third kappa shape index (κ3) is 5.18. The van der Waals surface area contributed by atoms with Gasteiger partial charge in [0.1, 0.15) is 0 Å². The zero-order valence-corrected chi connectivity index (χ0v) is 11.8. The van der Waals surface area contributed by atoms with Gasteiger partial charge < -0.3 is 15.2 Å². The van der Waals surface area contributed by atoms with Crippen LogP contribution in [0, 0.1) is 0 Å². The van der Waals surface area contributed by atoms with Crippen LogP contribution in [0.2, 0.25) is 0 Å². The molecule has 1 aliphatic rings. The summed E-state index contributed by atoms with van der Waals surface area (Å²) in [5.41, 5.74) is -0.612. The van der Waals surface area contributed by atoms with Crippen molar-refractivity contribution in [2.45, 2.75) is 43.9 Å². The van der Waals surface area contributed by atoms with E-state index in [-0.39, 0.29) is 18.2 Å². The first-order valence-electron chi connectivity index (χ1n) is 6.94. The van der Waals surface area contributed by atoms with E-state index in [2.05, 4.69) is 15.0 Å². The smallest absolute Gasteiger partial charge is 0.422 e. The van der Waals surface area contributed by atoms with E-state index in [0.717, 1.165) is 12.8 Å². The maximum absolute atomic E-state index is 12.0. The number of aromatic nitrogens is 1. The molecule has 1 aromatic rings. The maximum atomic E-state index is 12.0. The topological polar surface area (TPSA) is 71.5 Å². The fourth-order valence-corrected chi connectivity index (χ4v) is 2.41. The number of carbonyl (C=O) groups excluding carboxylic acids is 1. The predicted molar refractivity (Wildman–Crippen MR) is 72.5 cm³/mol. The minimum Gasteiger partial charge on any atom is -0.468 e. The number of aliphatic hydroxyl groups is 1. The molecule has 1 aromatic heterocycles. The zero-order valence-electron chi connectivity index (χ0n) is 11.8. The molecule has 0 atom stereocenters. The quantitative estimate of drug-likeness (QED) is 0.875. The van der Waals surface area contributed by atoms with E-state index in [1.54, 1.807) is 0 Å². The Hall–Kier alpha value is -1.83. The largest absolute Gasteiger partial charge is 0.468 e. The van der Waals surface area contributed by atoms with Crippen molar-refractivity contribution in [3.8, 4) is 5.88 Å². The minimum atomic E-state index is -4.43. The van der Waals surface area contributed by atoms with Crippen molar-refractivity contribution in [3.05, 3.63) is 18.3 Å². The second kappa shape index (κ2) is 6.51. The highest BCUT2D eigenvalue weighted by molar-refractivity contribution is 5.91. The normalized spacial score (nSPS) is 17.3. The number of ether oxygens (including phenoxy) is 1. The van der Waals surface area contributed by atoms with Crippen LogP contribution in [0.25, 0.3) is 0 Å². The monoisotopic (exact) mass is 318 g/mol. The molecular weight excluding hydrogens is 301 g/mol. The molecule has 0 radical (unpaired) electrons. The van der Waals surface area contributed by atoms with Crippen LogP contribution in [0.4, 0.5) is 18.9 Å². The summed E-state index contributed by atoms with van der Waals surface area (Å²) in [5.74, 6) is -0.528. The van der Waals surface area contributed by atoms with Crippen LogP contribution >= 0.6 is 0 Å². The first-order chi connectivity index (χ1) is 10.3. The van der Waals surface area contributed by atoms with Crippen LogP contribution in [0.1, 0.15) is 32.1 Å². The average molecular weight is 318 g/mol. The number of nitrogens with one attached hydrogen (secondary N) is 1. The first-order valence-corrected chi connectivity index (χ1v) is 6.94. The summed E-state index contributed by atoms with van der Waals surface area (Å²) >= 11 is 0. The molecule has 0 saturated heterocycles. The highest BCUT2D eigenvalue weighted by atomic mass is 19.4. The van der Waals surface area contributed by atoms with Crippen molar-refractivity contribution in [1.29, 1.82) is 0 Å². The number of amides is 1. The molecule has 0 unspecified atom stereocenters. The van der Waals surface area contributed by atoms with Gasteiger partial charge in [-0.05, 0) is 18.9 Å². The van der Waals surface area contributed by atoms with Gasteiger partial charge in [-0.2, -0.15) is 13.2 Å². The van der Waals surface area contributed by atoms with E-state index in [1.807, 2.05) is 0 Å². The van der Waals surface area contributed by atoms with Crippen LogP contribution in [0.15, 0.2) is 18.3 Å². The number of nitrogens with zero attached hydrogens (tertiary/aromatic N) is 1. The Kier molecular flexibility index (Phi) is 4.90. The van der Waals surface area contributed by atoms with Gasteiger partial charge in [-0.15, -0.1) is 0 Å². The van der Waals surface area contributed by atoms with Crippen LogP contribution in [0.3, 0.4) is 0 Å². The fraction of sp³-hybridized carbons (Fsp3) is 0.571. The molecule has 1 amide bonds. The van der Waals surface area contributed by atoms with Gasteiger partial charge in [0, 0.05) is 6.07 Å². The van der Waals surface area contributed by atoms with E-state index >= 15 is 0 Å². The van der Waals surface area contributed by atoms with Crippen molar-refractivity contribution in [2.75, 3.05) is 11.9 Å². The molecule has 1 heterocycles. The van der Waals surface area contributed by atoms with Crippen LogP contribution in [0.5, 0.6) is 5.88 Å². The maximum Gasteiger partial charge on any atom is 0.422 e. The lowest BCUT2D eigenvalue weighted by Crippen LogP contribution is -2.30. The summed E-state index contributed by atoms with van der Waals surface area (Å²) in [5, 5.41) is 12.7. The van der Waals surface area contributed by atoms with Gasteiger partial charge in [0.05, 0.1) is 23.9 Å². The Balaban J connectivity index is 1.84. The molecule has 8 heteroatoms. The SMILES string of the molecule is O=C(CC1(O)CCCC1)Nc1ccc(OCC(F)(F)F)nc1. The third-order valence-electron chi connectivity index (χ3n) is 3.43. The highest BCUT2D eigenvalue weighted by Crippen LogP contribution is 2.32. The molecule has 1 aliphatic carbocycles. The molecule has 0 bridgehead atoms. The van der Waals surface area contributed by atoms with Gasteiger partial charge in [0.25, 0.3) is 0 Å². The van der Waals surface area contributed by atoms with Gasteiger partial charge in [0.2, 0.25) is 11.8 Å². The van der Waals surface area contributed by atoms with Crippen molar-refractivity contribution in [3.63, 3.8) is 0 Å². The van der Waals surface area contributed by atoms with E-state index < -0.39 is 18.4 Å². The Morgan fingerprint density at radius 2 is 2.05 bits per heavy atom. The third-order valence-corrected chi connectivity index (χ3v) is 3.43. The van der Waals surface area contributed by atoms with E-state index in [4.69, 9.17) is 0 Å². The summed E-state index contributed by atoms with van der Waals surface area (Å²) in [6, 6.07) is 2.64. The van der Waals surface area contributed by atoms with E-state index in [1.165, 1.54) is 18.3 Å². The van der Waals surface area contributed by atoms with Gasteiger partial charge >= 0.3 is 6.18 Å². The molecule has 22 heavy (non-hydrogen) atoms. The number of hydrogen-bond donors (Lipinski definition) is 2. The number of carbonyl (C=O) groups is 1. The summed E-state index contributed by atoms with van der Waals surface area (Å²) < 4.78 is 40.4. The summed E-state index contributed by atoms with van der Waals surface area (Å²) in [6.07, 6.45) is -0.216. The molecular formula is C14H17F3N2O3. The lowest BCUT2D eigenvalue weighted by Gasteiger charge is -2.21. The molecule has 5 nitrogen and oxygen atoms in total. The summed E-state index contributed by atoms with van der Waals surface area (Å²) in [7, 11) is 0. The molecule has 0 aromatic carbocycles.